The Balaban J connectivity index is 2.06. The standard InChI is InChI=1S/C14H19N5O/c1-3-16-12-8-13(19-14(15)18-12)17-9-10-5-4-6-11(7-10)20-2/h4-8H,3,9H2,1-2H3,(H4,15,16,17,18,19). The number of methoxy groups -OCH3 is 1. The fourth-order valence-electron chi connectivity index (χ4n) is 1.80. The van der Waals surface area contributed by atoms with Crippen molar-refractivity contribution in [3.63, 3.8) is 0 Å². The molecule has 0 saturated heterocycles. The summed E-state index contributed by atoms with van der Waals surface area (Å²) in [4.78, 5) is 8.26. The van der Waals surface area contributed by atoms with Gasteiger partial charge >= 0.3 is 0 Å². The Bertz CT molecular complexity index is 573. The lowest BCUT2D eigenvalue weighted by Crippen LogP contribution is -2.07. The maximum Gasteiger partial charge on any atom is 0.223 e. The maximum atomic E-state index is 5.68. The number of ether oxygens (including phenoxy) is 1. The third kappa shape index (κ3) is 3.74. The minimum Gasteiger partial charge on any atom is -0.497 e. The highest BCUT2D eigenvalue weighted by Gasteiger charge is 2.02. The second-order valence-electron chi connectivity index (χ2n) is 4.23. The van der Waals surface area contributed by atoms with Gasteiger partial charge in [-0.25, -0.2) is 0 Å². The van der Waals surface area contributed by atoms with Gasteiger partial charge in [0, 0.05) is 19.2 Å². The quantitative estimate of drug-likeness (QED) is 0.747. The molecule has 0 fully saturated rings. The summed E-state index contributed by atoms with van der Waals surface area (Å²) >= 11 is 0. The van der Waals surface area contributed by atoms with Crippen LogP contribution in [0.3, 0.4) is 0 Å². The fourth-order valence-corrected chi connectivity index (χ4v) is 1.80. The molecule has 1 heterocycles. The summed E-state index contributed by atoms with van der Waals surface area (Å²) in [6, 6.07) is 9.69. The van der Waals surface area contributed by atoms with Gasteiger partial charge in [0.15, 0.2) is 0 Å². The molecule has 1 aromatic carbocycles. The normalized spacial score (nSPS) is 10.1. The predicted octanol–water partition coefficient (Wildman–Crippen LogP) is 2.11. The van der Waals surface area contributed by atoms with Crippen LogP contribution in [-0.2, 0) is 6.54 Å². The van der Waals surface area contributed by atoms with Gasteiger partial charge in [-0.3, -0.25) is 0 Å². The van der Waals surface area contributed by atoms with Crippen molar-refractivity contribution in [1.82, 2.24) is 9.97 Å². The van der Waals surface area contributed by atoms with Crippen LogP contribution in [0.15, 0.2) is 30.3 Å². The molecule has 106 valence electrons. The molecule has 2 rings (SSSR count). The molecule has 0 aliphatic rings. The summed E-state index contributed by atoms with van der Waals surface area (Å²) in [6.07, 6.45) is 0. The van der Waals surface area contributed by atoms with Crippen LogP contribution in [0.5, 0.6) is 5.75 Å². The summed E-state index contributed by atoms with van der Waals surface area (Å²) in [6.45, 7) is 3.42. The average Bonchev–Trinajstić information content (AvgIpc) is 2.45. The number of anilines is 3. The van der Waals surface area contributed by atoms with Gasteiger partial charge in [0.1, 0.15) is 17.4 Å². The van der Waals surface area contributed by atoms with Crippen molar-refractivity contribution in [3.8, 4) is 5.75 Å². The number of benzene rings is 1. The Morgan fingerprint density at radius 2 is 1.90 bits per heavy atom. The molecule has 0 bridgehead atoms. The van der Waals surface area contributed by atoms with Crippen LogP contribution in [0.4, 0.5) is 17.6 Å². The lowest BCUT2D eigenvalue weighted by molar-refractivity contribution is 0.414. The Labute approximate surface area is 118 Å². The Kier molecular flexibility index (Phi) is 4.60. The molecule has 0 spiro atoms. The van der Waals surface area contributed by atoms with Crippen LogP contribution < -0.4 is 21.1 Å². The summed E-state index contributed by atoms with van der Waals surface area (Å²) in [5.41, 5.74) is 6.79. The van der Waals surface area contributed by atoms with Crippen LogP contribution >= 0.6 is 0 Å². The Morgan fingerprint density at radius 3 is 2.60 bits per heavy atom. The van der Waals surface area contributed by atoms with E-state index in [2.05, 4.69) is 20.6 Å². The zero-order chi connectivity index (χ0) is 14.4. The van der Waals surface area contributed by atoms with E-state index in [1.165, 1.54) is 0 Å². The number of nitrogens with two attached hydrogens (primary N) is 1. The first kappa shape index (κ1) is 13.9. The van der Waals surface area contributed by atoms with E-state index in [4.69, 9.17) is 10.5 Å². The van der Waals surface area contributed by atoms with Gasteiger partial charge in [-0.2, -0.15) is 9.97 Å². The van der Waals surface area contributed by atoms with Crippen molar-refractivity contribution >= 4 is 17.6 Å². The van der Waals surface area contributed by atoms with Gasteiger partial charge in [0.2, 0.25) is 5.95 Å². The van der Waals surface area contributed by atoms with Crippen molar-refractivity contribution < 1.29 is 4.74 Å². The van der Waals surface area contributed by atoms with Gasteiger partial charge in [-0.1, -0.05) is 12.1 Å². The summed E-state index contributed by atoms with van der Waals surface area (Å²) in [5, 5.41) is 6.34. The monoisotopic (exact) mass is 273 g/mol. The van der Waals surface area contributed by atoms with E-state index in [1.54, 1.807) is 7.11 Å². The van der Waals surface area contributed by atoms with Gasteiger partial charge in [-0.15, -0.1) is 0 Å². The van der Waals surface area contributed by atoms with Crippen molar-refractivity contribution in [1.29, 1.82) is 0 Å². The van der Waals surface area contributed by atoms with Gasteiger partial charge in [-0.05, 0) is 24.6 Å². The SMILES string of the molecule is CCNc1cc(NCc2cccc(OC)c2)nc(N)n1. The number of nitrogens with one attached hydrogen (secondary N) is 2. The van der Waals surface area contributed by atoms with E-state index < -0.39 is 0 Å². The molecule has 0 amide bonds. The van der Waals surface area contributed by atoms with E-state index in [-0.39, 0.29) is 5.95 Å². The van der Waals surface area contributed by atoms with E-state index >= 15 is 0 Å². The molecule has 6 heteroatoms. The zero-order valence-electron chi connectivity index (χ0n) is 11.7. The Hall–Kier alpha value is -2.50. The number of nitrogens with zero attached hydrogens (tertiary/aromatic N) is 2. The minimum absolute atomic E-state index is 0.247. The Morgan fingerprint density at radius 1 is 1.15 bits per heavy atom. The number of hydrogen-bond acceptors (Lipinski definition) is 6. The van der Waals surface area contributed by atoms with Gasteiger partial charge in [0.05, 0.1) is 7.11 Å². The molecule has 2 aromatic rings. The molecular formula is C14H19N5O. The molecular weight excluding hydrogens is 254 g/mol. The first-order chi connectivity index (χ1) is 9.71. The molecule has 20 heavy (non-hydrogen) atoms. The molecule has 0 aliphatic heterocycles. The maximum absolute atomic E-state index is 5.68. The first-order valence-corrected chi connectivity index (χ1v) is 6.46. The van der Waals surface area contributed by atoms with Crippen LogP contribution in [0.1, 0.15) is 12.5 Å². The highest BCUT2D eigenvalue weighted by Crippen LogP contribution is 2.16. The van der Waals surface area contributed by atoms with Gasteiger partial charge in [0.25, 0.3) is 0 Å². The van der Waals surface area contributed by atoms with Crippen LogP contribution in [-0.4, -0.2) is 23.6 Å². The van der Waals surface area contributed by atoms with Crippen molar-refractivity contribution in [3.05, 3.63) is 35.9 Å². The number of rotatable bonds is 6. The first-order valence-electron chi connectivity index (χ1n) is 6.46. The highest BCUT2D eigenvalue weighted by atomic mass is 16.5. The van der Waals surface area contributed by atoms with E-state index in [0.717, 1.165) is 17.9 Å². The summed E-state index contributed by atoms with van der Waals surface area (Å²) < 4.78 is 5.19. The lowest BCUT2D eigenvalue weighted by Gasteiger charge is -2.09. The van der Waals surface area contributed by atoms with E-state index in [0.29, 0.717) is 18.2 Å². The third-order valence-electron chi connectivity index (χ3n) is 2.71. The van der Waals surface area contributed by atoms with Crippen LogP contribution in [0.2, 0.25) is 0 Å². The van der Waals surface area contributed by atoms with E-state index in [1.807, 2.05) is 37.3 Å². The summed E-state index contributed by atoms with van der Waals surface area (Å²) in [5.74, 6) is 2.49. The molecule has 0 atom stereocenters. The predicted molar refractivity (Wildman–Crippen MR) is 80.9 cm³/mol. The smallest absolute Gasteiger partial charge is 0.223 e. The molecule has 0 aliphatic carbocycles. The van der Waals surface area contributed by atoms with E-state index in [9.17, 15) is 0 Å². The average molecular weight is 273 g/mol. The zero-order valence-corrected chi connectivity index (χ0v) is 11.7. The topological polar surface area (TPSA) is 85.1 Å². The number of aromatic nitrogens is 2. The van der Waals surface area contributed by atoms with Crippen molar-refractivity contribution in [2.24, 2.45) is 0 Å². The van der Waals surface area contributed by atoms with Crippen LogP contribution in [0, 0.1) is 0 Å². The van der Waals surface area contributed by atoms with Crippen molar-refractivity contribution in [2.75, 3.05) is 30.0 Å². The van der Waals surface area contributed by atoms with Crippen LogP contribution in [0.25, 0.3) is 0 Å². The second kappa shape index (κ2) is 6.60. The molecule has 0 saturated carbocycles. The second-order valence-corrected chi connectivity index (χ2v) is 4.23. The highest BCUT2D eigenvalue weighted by molar-refractivity contribution is 5.51. The molecule has 6 nitrogen and oxygen atoms in total. The molecule has 0 radical (unpaired) electrons. The number of nitrogen functional groups attached to an aromatic ring is 1. The fraction of sp³-hybridized carbons (Fsp3) is 0.286. The number of hydrogen-bond donors (Lipinski definition) is 3. The molecule has 4 N–H and O–H groups in total. The lowest BCUT2D eigenvalue weighted by atomic mass is 10.2. The third-order valence-corrected chi connectivity index (χ3v) is 2.71. The van der Waals surface area contributed by atoms with Crippen molar-refractivity contribution in [2.45, 2.75) is 13.5 Å². The minimum atomic E-state index is 0.247. The largest absolute Gasteiger partial charge is 0.497 e. The molecule has 1 aromatic heterocycles. The summed E-state index contributed by atoms with van der Waals surface area (Å²) in [7, 11) is 1.65. The molecule has 0 unspecified atom stereocenters. The van der Waals surface area contributed by atoms with Gasteiger partial charge < -0.3 is 21.1 Å².